The summed E-state index contributed by atoms with van der Waals surface area (Å²) in [6.45, 7) is 4.38. The van der Waals surface area contributed by atoms with Gasteiger partial charge in [-0.3, -0.25) is 4.79 Å². The lowest BCUT2D eigenvalue weighted by molar-refractivity contribution is 0.0950. The van der Waals surface area contributed by atoms with Gasteiger partial charge in [0.15, 0.2) is 0 Å². The molecular formula is C17H25NO2. The van der Waals surface area contributed by atoms with E-state index in [9.17, 15) is 9.90 Å². The van der Waals surface area contributed by atoms with E-state index in [0.717, 1.165) is 19.3 Å². The van der Waals surface area contributed by atoms with E-state index in [1.54, 1.807) is 18.2 Å². The van der Waals surface area contributed by atoms with Gasteiger partial charge in [0, 0.05) is 6.54 Å². The van der Waals surface area contributed by atoms with Crippen molar-refractivity contribution in [2.75, 3.05) is 6.54 Å². The molecule has 110 valence electrons. The number of nitrogens with one attached hydrogen (secondary N) is 1. The van der Waals surface area contributed by atoms with E-state index < -0.39 is 0 Å². The van der Waals surface area contributed by atoms with Gasteiger partial charge in [-0.2, -0.15) is 0 Å². The number of benzene rings is 1. The summed E-state index contributed by atoms with van der Waals surface area (Å²) in [5.41, 5.74) is 0.344. The van der Waals surface area contributed by atoms with E-state index in [2.05, 4.69) is 11.9 Å². The highest BCUT2D eigenvalue weighted by Gasteiger charge is 2.08. The molecule has 1 amide bonds. The molecule has 3 nitrogen and oxygen atoms in total. The zero-order valence-corrected chi connectivity index (χ0v) is 12.1. The zero-order valence-electron chi connectivity index (χ0n) is 12.1. The summed E-state index contributed by atoms with van der Waals surface area (Å²) in [6.07, 6.45) is 10.1. The minimum atomic E-state index is -0.200. The molecule has 0 heterocycles. The number of carbonyl (C=O) groups is 1. The molecule has 0 radical (unpaired) electrons. The van der Waals surface area contributed by atoms with Crippen LogP contribution in [-0.2, 0) is 0 Å². The van der Waals surface area contributed by atoms with Crippen LogP contribution in [0.2, 0.25) is 0 Å². The lowest BCUT2D eigenvalue weighted by Crippen LogP contribution is -2.24. The van der Waals surface area contributed by atoms with Crippen molar-refractivity contribution in [3.05, 3.63) is 42.5 Å². The van der Waals surface area contributed by atoms with Crippen molar-refractivity contribution < 1.29 is 9.90 Å². The van der Waals surface area contributed by atoms with Gasteiger partial charge >= 0.3 is 0 Å². The number of phenols is 1. The molecule has 0 atom stereocenters. The monoisotopic (exact) mass is 275 g/mol. The van der Waals surface area contributed by atoms with Gasteiger partial charge < -0.3 is 10.4 Å². The SMILES string of the molecule is C=CCCCCCCCCNC(=O)c1ccccc1O. The van der Waals surface area contributed by atoms with Crippen LogP contribution in [0.4, 0.5) is 0 Å². The fraction of sp³-hybridized carbons (Fsp3) is 0.471. The van der Waals surface area contributed by atoms with Crippen LogP contribution in [0.5, 0.6) is 5.75 Å². The maximum absolute atomic E-state index is 11.8. The first kappa shape index (κ1) is 16.3. The molecule has 1 aromatic rings. The summed E-state index contributed by atoms with van der Waals surface area (Å²) < 4.78 is 0. The van der Waals surface area contributed by atoms with Gasteiger partial charge in [0.25, 0.3) is 5.91 Å². The van der Waals surface area contributed by atoms with Gasteiger partial charge in [-0.1, -0.05) is 43.9 Å². The predicted octanol–water partition coefficient (Wildman–Crippen LogP) is 4.04. The third-order valence-electron chi connectivity index (χ3n) is 3.27. The number of aromatic hydroxyl groups is 1. The topological polar surface area (TPSA) is 49.3 Å². The van der Waals surface area contributed by atoms with Crippen molar-refractivity contribution in [2.45, 2.75) is 44.9 Å². The molecule has 1 aromatic carbocycles. The first-order valence-corrected chi connectivity index (χ1v) is 7.43. The maximum atomic E-state index is 11.8. The Morgan fingerprint density at radius 3 is 2.45 bits per heavy atom. The summed E-state index contributed by atoms with van der Waals surface area (Å²) in [6, 6.07) is 6.61. The first-order chi connectivity index (χ1) is 9.75. The van der Waals surface area contributed by atoms with Crippen molar-refractivity contribution in [1.82, 2.24) is 5.32 Å². The largest absolute Gasteiger partial charge is 0.507 e. The van der Waals surface area contributed by atoms with Crippen LogP contribution < -0.4 is 5.32 Å². The van der Waals surface area contributed by atoms with E-state index in [1.807, 2.05) is 6.08 Å². The molecule has 1 rings (SSSR count). The molecule has 0 spiro atoms. The summed E-state index contributed by atoms with van der Waals surface area (Å²) in [5, 5.41) is 12.4. The van der Waals surface area contributed by atoms with Gasteiger partial charge in [-0.25, -0.2) is 0 Å². The third-order valence-corrected chi connectivity index (χ3v) is 3.27. The molecule has 0 aliphatic heterocycles. The fourth-order valence-corrected chi connectivity index (χ4v) is 2.08. The van der Waals surface area contributed by atoms with Gasteiger partial charge in [-0.15, -0.1) is 6.58 Å². The molecule has 3 heteroatoms. The highest BCUT2D eigenvalue weighted by Crippen LogP contribution is 2.15. The maximum Gasteiger partial charge on any atom is 0.255 e. The lowest BCUT2D eigenvalue weighted by atomic mass is 10.1. The van der Waals surface area contributed by atoms with Crippen LogP contribution in [0.1, 0.15) is 55.3 Å². The van der Waals surface area contributed by atoms with Crippen molar-refractivity contribution >= 4 is 5.91 Å². The van der Waals surface area contributed by atoms with Crippen molar-refractivity contribution in [1.29, 1.82) is 0 Å². The van der Waals surface area contributed by atoms with E-state index >= 15 is 0 Å². The molecule has 0 bridgehead atoms. The van der Waals surface area contributed by atoms with Crippen LogP contribution in [0.15, 0.2) is 36.9 Å². The molecule has 0 unspecified atom stereocenters. The second-order valence-corrected chi connectivity index (χ2v) is 4.97. The molecule has 0 aliphatic carbocycles. The molecule has 20 heavy (non-hydrogen) atoms. The molecular weight excluding hydrogens is 250 g/mol. The molecule has 2 N–H and O–H groups in total. The number of unbranched alkanes of at least 4 members (excludes halogenated alkanes) is 6. The number of hydrogen-bond acceptors (Lipinski definition) is 2. The number of amides is 1. The molecule has 0 aliphatic rings. The van der Waals surface area contributed by atoms with Gasteiger partial charge in [0.05, 0.1) is 5.56 Å². The Labute approximate surface area is 121 Å². The number of allylic oxidation sites excluding steroid dienone is 1. The highest BCUT2D eigenvalue weighted by molar-refractivity contribution is 5.96. The number of carbonyl (C=O) groups excluding carboxylic acids is 1. The molecule has 0 fully saturated rings. The number of para-hydroxylation sites is 1. The van der Waals surface area contributed by atoms with Crippen LogP contribution in [0.3, 0.4) is 0 Å². The zero-order chi connectivity index (χ0) is 14.6. The molecule has 0 saturated heterocycles. The Kier molecular flexibility index (Phi) is 8.20. The Morgan fingerprint density at radius 1 is 1.10 bits per heavy atom. The molecule has 0 saturated carbocycles. The Morgan fingerprint density at radius 2 is 1.75 bits per heavy atom. The lowest BCUT2D eigenvalue weighted by Gasteiger charge is -2.06. The van der Waals surface area contributed by atoms with Crippen LogP contribution >= 0.6 is 0 Å². The van der Waals surface area contributed by atoms with Crippen molar-refractivity contribution in [3.8, 4) is 5.75 Å². The summed E-state index contributed by atoms with van der Waals surface area (Å²) in [4.78, 5) is 11.8. The Bertz CT molecular complexity index is 415. The van der Waals surface area contributed by atoms with E-state index in [0.29, 0.717) is 12.1 Å². The second-order valence-electron chi connectivity index (χ2n) is 4.97. The standard InChI is InChI=1S/C17H25NO2/c1-2-3-4-5-6-7-8-11-14-18-17(20)15-12-9-10-13-16(15)19/h2,9-10,12-13,19H,1,3-8,11,14H2,(H,18,20). The van der Waals surface area contributed by atoms with Crippen LogP contribution in [-0.4, -0.2) is 17.6 Å². The Balaban J connectivity index is 2.05. The number of rotatable bonds is 10. The van der Waals surface area contributed by atoms with E-state index in [-0.39, 0.29) is 11.7 Å². The quantitative estimate of drug-likeness (QED) is 0.500. The van der Waals surface area contributed by atoms with Crippen LogP contribution in [0.25, 0.3) is 0 Å². The van der Waals surface area contributed by atoms with Crippen LogP contribution in [0, 0.1) is 0 Å². The number of phenolic OH excluding ortho intramolecular Hbond substituents is 1. The minimum absolute atomic E-state index is 0.0345. The Hall–Kier alpha value is -1.77. The predicted molar refractivity (Wildman–Crippen MR) is 83.0 cm³/mol. The normalized spacial score (nSPS) is 10.2. The van der Waals surface area contributed by atoms with Crippen molar-refractivity contribution in [3.63, 3.8) is 0 Å². The van der Waals surface area contributed by atoms with E-state index in [4.69, 9.17) is 0 Å². The average molecular weight is 275 g/mol. The van der Waals surface area contributed by atoms with Gasteiger partial charge in [0.1, 0.15) is 5.75 Å². The summed E-state index contributed by atoms with van der Waals surface area (Å²) >= 11 is 0. The minimum Gasteiger partial charge on any atom is -0.507 e. The van der Waals surface area contributed by atoms with E-state index in [1.165, 1.54) is 31.7 Å². The average Bonchev–Trinajstić information content (AvgIpc) is 2.46. The summed E-state index contributed by atoms with van der Waals surface area (Å²) in [5.74, 6) is -0.165. The fourth-order valence-electron chi connectivity index (χ4n) is 2.08. The van der Waals surface area contributed by atoms with Crippen molar-refractivity contribution in [2.24, 2.45) is 0 Å². The number of hydrogen-bond donors (Lipinski definition) is 2. The smallest absolute Gasteiger partial charge is 0.255 e. The summed E-state index contributed by atoms with van der Waals surface area (Å²) in [7, 11) is 0. The van der Waals surface area contributed by atoms with Gasteiger partial charge in [-0.05, 0) is 31.4 Å². The first-order valence-electron chi connectivity index (χ1n) is 7.43. The van der Waals surface area contributed by atoms with Gasteiger partial charge in [0.2, 0.25) is 0 Å². The molecule has 0 aromatic heterocycles. The third kappa shape index (κ3) is 6.41. The highest BCUT2D eigenvalue weighted by atomic mass is 16.3. The second kappa shape index (κ2) is 10.1.